The van der Waals surface area contributed by atoms with Crippen molar-refractivity contribution in [2.75, 3.05) is 6.54 Å². The molecular formula is C14H23ClN2O2. The Labute approximate surface area is 120 Å². The number of benzene rings is 1. The summed E-state index contributed by atoms with van der Waals surface area (Å²) in [7, 11) is 0. The van der Waals surface area contributed by atoms with Gasteiger partial charge in [-0.15, -0.1) is 12.4 Å². The highest BCUT2D eigenvalue weighted by atomic mass is 35.5. The van der Waals surface area contributed by atoms with Gasteiger partial charge in [0.25, 0.3) is 0 Å². The lowest BCUT2D eigenvalue weighted by Gasteiger charge is -2.19. The Kier molecular flexibility index (Phi) is 8.39. The first-order valence-electron chi connectivity index (χ1n) is 6.32. The number of carbonyl (C=O) groups excluding carboxylic acids is 1. The highest BCUT2D eigenvalue weighted by Crippen LogP contribution is 2.11. The maximum atomic E-state index is 11.7. The van der Waals surface area contributed by atoms with Crippen LogP contribution in [0.4, 0.5) is 0 Å². The molecular weight excluding hydrogens is 264 g/mol. The van der Waals surface area contributed by atoms with Crippen LogP contribution in [0, 0.1) is 5.92 Å². The lowest BCUT2D eigenvalue weighted by Crippen LogP contribution is -2.45. The Balaban J connectivity index is 0.00000324. The van der Waals surface area contributed by atoms with Crippen LogP contribution in [-0.2, 0) is 4.79 Å². The standard InChI is InChI=1S/C14H22N2O2.ClH/c1-3-10(2)13(15)14(18)16-9-12(17)11-7-5-4-6-8-11;/h4-8,10,12-13,17H,3,9,15H2,1-2H3,(H,16,18);1H. The molecule has 0 saturated heterocycles. The number of amides is 1. The fourth-order valence-corrected chi connectivity index (χ4v) is 1.62. The van der Waals surface area contributed by atoms with Gasteiger partial charge in [0.05, 0.1) is 12.1 Å². The molecule has 4 nitrogen and oxygen atoms in total. The fraction of sp³-hybridized carbons (Fsp3) is 0.500. The lowest BCUT2D eigenvalue weighted by atomic mass is 9.99. The van der Waals surface area contributed by atoms with Gasteiger partial charge in [-0.25, -0.2) is 0 Å². The third-order valence-electron chi connectivity index (χ3n) is 3.21. The molecule has 1 aromatic carbocycles. The molecule has 0 bridgehead atoms. The molecule has 1 amide bonds. The lowest BCUT2D eigenvalue weighted by molar-refractivity contribution is -0.123. The van der Waals surface area contributed by atoms with Crippen LogP contribution in [0.5, 0.6) is 0 Å². The van der Waals surface area contributed by atoms with Crippen molar-refractivity contribution in [1.82, 2.24) is 5.32 Å². The average Bonchev–Trinajstić information content (AvgIpc) is 2.43. The Bertz CT molecular complexity index is 373. The van der Waals surface area contributed by atoms with E-state index in [0.717, 1.165) is 12.0 Å². The van der Waals surface area contributed by atoms with Crippen LogP contribution >= 0.6 is 12.4 Å². The fourth-order valence-electron chi connectivity index (χ4n) is 1.62. The summed E-state index contributed by atoms with van der Waals surface area (Å²) in [5, 5.41) is 12.6. The van der Waals surface area contributed by atoms with E-state index in [0.29, 0.717) is 0 Å². The molecule has 0 fully saturated rings. The van der Waals surface area contributed by atoms with Crippen molar-refractivity contribution in [3.63, 3.8) is 0 Å². The smallest absolute Gasteiger partial charge is 0.237 e. The van der Waals surface area contributed by atoms with E-state index in [9.17, 15) is 9.90 Å². The number of aliphatic hydroxyl groups excluding tert-OH is 1. The molecule has 1 aromatic rings. The summed E-state index contributed by atoms with van der Waals surface area (Å²) in [4.78, 5) is 11.7. The van der Waals surface area contributed by atoms with E-state index in [2.05, 4.69) is 5.32 Å². The Morgan fingerprint density at radius 3 is 2.47 bits per heavy atom. The predicted molar refractivity (Wildman–Crippen MR) is 79.1 cm³/mol. The van der Waals surface area contributed by atoms with Crippen molar-refractivity contribution in [1.29, 1.82) is 0 Å². The molecule has 108 valence electrons. The zero-order valence-electron chi connectivity index (χ0n) is 11.4. The van der Waals surface area contributed by atoms with Crippen molar-refractivity contribution in [2.45, 2.75) is 32.4 Å². The van der Waals surface area contributed by atoms with E-state index in [1.165, 1.54) is 0 Å². The van der Waals surface area contributed by atoms with E-state index in [1.54, 1.807) is 0 Å². The molecule has 4 N–H and O–H groups in total. The number of nitrogens with one attached hydrogen (secondary N) is 1. The number of halogens is 1. The van der Waals surface area contributed by atoms with Crippen molar-refractivity contribution in [2.24, 2.45) is 11.7 Å². The molecule has 0 radical (unpaired) electrons. The molecule has 0 aliphatic rings. The van der Waals surface area contributed by atoms with Crippen LogP contribution in [0.2, 0.25) is 0 Å². The van der Waals surface area contributed by atoms with E-state index < -0.39 is 12.1 Å². The first kappa shape index (κ1) is 17.9. The molecule has 3 unspecified atom stereocenters. The largest absolute Gasteiger partial charge is 0.387 e. The number of rotatable bonds is 6. The molecule has 0 spiro atoms. The average molecular weight is 287 g/mol. The number of hydrogen-bond donors (Lipinski definition) is 3. The first-order valence-corrected chi connectivity index (χ1v) is 6.32. The summed E-state index contributed by atoms with van der Waals surface area (Å²) in [5.41, 5.74) is 6.59. The summed E-state index contributed by atoms with van der Waals surface area (Å²) in [5.74, 6) is -0.0711. The van der Waals surface area contributed by atoms with Crippen LogP contribution in [0.1, 0.15) is 31.9 Å². The second kappa shape index (κ2) is 8.91. The maximum absolute atomic E-state index is 11.7. The maximum Gasteiger partial charge on any atom is 0.237 e. The molecule has 5 heteroatoms. The molecule has 1 rings (SSSR count). The summed E-state index contributed by atoms with van der Waals surface area (Å²) >= 11 is 0. The molecule has 0 aliphatic heterocycles. The Hall–Kier alpha value is -1.10. The zero-order valence-corrected chi connectivity index (χ0v) is 12.2. The van der Waals surface area contributed by atoms with Gasteiger partial charge in [-0.1, -0.05) is 50.6 Å². The second-order valence-electron chi connectivity index (χ2n) is 4.58. The number of hydrogen-bond acceptors (Lipinski definition) is 3. The number of nitrogens with two attached hydrogens (primary N) is 1. The summed E-state index contributed by atoms with van der Waals surface area (Å²) in [6, 6.07) is 8.72. The van der Waals surface area contributed by atoms with Gasteiger partial charge < -0.3 is 16.2 Å². The third kappa shape index (κ3) is 5.59. The summed E-state index contributed by atoms with van der Waals surface area (Å²) in [6.45, 7) is 4.13. The highest BCUT2D eigenvalue weighted by molar-refractivity contribution is 5.85. The van der Waals surface area contributed by atoms with Crippen LogP contribution in [0.25, 0.3) is 0 Å². The normalized spacial score (nSPS) is 14.9. The molecule has 0 aromatic heterocycles. The van der Waals surface area contributed by atoms with Crippen LogP contribution < -0.4 is 11.1 Å². The van der Waals surface area contributed by atoms with Crippen molar-refractivity contribution >= 4 is 18.3 Å². The van der Waals surface area contributed by atoms with Gasteiger partial charge in [0.15, 0.2) is 0 Å². The Morgan fingerprint density at radius 2 is 1.95 bits per heavy atom. The molecule has 3 atom stereocenters. The first-order chi connectivity index (χ1) is 8.56. The quantitative estimate of drug-likeness (QED) is 0.744. The summed E-state index contributed by atoms with van der Waals surface area (Å²) in [6.07, 6.45) is 0.162. The number of carbonyl (C=O) groups is 1. The zero-order chi connectivity index (χ0) is 13.5. The van der Waals surface area contributed by atoms with Crippen molar-refractivity contribution in [3.05, 3.63) is 35.9 Å². The van der Waals surface area contributed by atoms with E-state index in [4.69, 9.17) is 5.73 Å². The highest BCUT2D eigenvalue weighted by Gasteiger charge is 2.19. The van der Waals surface area contributed by atoms with Crippen LogP contribution in [0.15, 0.2) is 30.3 Å². The topological polar surface area (TPSA) is 75.4 Å². The van der Waals surface area contributed by atoms with E-state index in [-0.39, 0.29) is 30.8 Å². The van der Waals surface area contributed by atoms with Gasteiger partial charge >= 0.3 is 0 Å². The molecule has 0 heterocycles. The van der Waals surface area contributed by atoms with E-state index in [1.807, 2.05) is 44.2 Å². The number of aliphatic hydroxyl groups is 1. The minimum Gasteiger partial charge on any atom is -0.387 e. The third-order valence-corrected chi connectivity index (χ3v) is 3.21. The summed E-state index contributed by atoms with van der Waals surface area (Å²) < 4.78 is 0. The molecule has 0 saturated carbocycles. The van der Waals surface area contributed by atoms with E-state index >= 15 is 0 Å². The van der Waals surface area contributed by atoms with Gasteiger partial charge in [0, 0.05) is 6.54 Å². The molecule has 19 heavy (non-hydrogen) atoms. The SMILES string of the molecule is CCC(C)C(N)C(=O)NCC(O)c1ccccc1.Cl. The predicted octanol–water partition coefficient (Wildman–Crippen LogP) is 1.63. The van der Waals surface area contributed by atoms with Gasteiger partial charge in [-0.2, -0.15) is 0 Å². The van der Waals surface area contributed by atoms with Gasteiger partial charge in [0.1, 0.15) is 0 Å². The van der Waals surface area contributed by atoms with Gasteiger partial charge in [-0.05, 0) is 11.5 Å². The van der Waals surface area contributed by atoms with Gasteiger partial charge in [-0.3, -0.25) is 4.79 Å². The second-order valence-corrected chi connectivity index (χ2v) is 4.58. The van der Waals surface area contributed by atoms with Gasteiger partial charge in [0.2, 0.25) is 5.91 Å². The van der Waals surface area contributed by atoms with Crippen molar-refractivity contribution < 1.29 is 9.90 Å². The minimum absolute atomic E-state index is 0. The minimum atomic E-state index is -0.695. The Morgan fingerprint density at radius 1 is 1.37 bits per heavy atom. The van der Waals surface area contributed by atoms with Crippen LogP contribution in [0.3, 0.4) is 0 Å². The molecule has 0 aliphatic carbocycles. The van der Waals surface area contributed by atoms with Crippen LogP contribution in [-0.4, -0.2) is 23.6 Å². The monoisotopic (exact) mass is 286 g/mol. The van der Waals surface area contributed by atoms with Crippen molar-refractivity contribution in [3.8, 4) is 0 Å².